The van der Waals surface area contributed by atoms with Gasteiger partial charge in [0.15, 0.2) is 0 Å². The van der Waals surface area contributed by atoms with Crippen molar-refractivity contribution in [2.45, 2.75) is 26.1 Å². The molecule has 1 aromatic carbocycles. The third kappa shape index (κ3) is 2.94. The Hall–Kier alpha value is -1.06. The molecule has 84 valence electrons. The molecule has 3 heteroatoms. The van der Waals surface area contributed by atoms with Crippen LogP contribution in [-0.2, 0) is 16.9 Å². The predicted molar refractivity (Wildman–Crippen MR) is 59.0 cm³/mol. The minimum absolute atomic E-state index is 0.509. The molecule has 0 spiro atoms. The number of ether oxygens (including phenoxy) is 2. The molecule has 0 saturated carbocycles. The monoisotopic (exact) mass is 210 g/mol. The lowest BCUT2D eigenvalue weighted by molar-refractivity contribution is 0.0782. The van der Waals surface area contributed by atoms with Crippen LogP contribution in [0.3, 0.4) is 0 Å². The van der Waals surface area contributed by atoms with Crippen molar-refractivity contribution >= 4 is 0 Å². The van der Waals surface area contributed by atoms with Gasteiger partial charge in [0.2, 0.25) is 0 Å². The van der Waals surface area contributed by atoms with Crippen LogP contribution in [0.1, 0.15) is 25.0 Å². The van der Waals surface area contributed by atoms with Crippen LogP contribution >= 0.6 is 0 Å². The summed E-state index contributed by atoms with van der Waals surface area (Å²) in [6, 6.07) is 5.64. The summed E-state index contributed by atoms with van der Waals surface area (Å²) in [7, 11) is 3.26. The lowest BCUT2D eigenvalue weighted by atomic mass is 9.97. The van der Waals surface area contributed by atoms with E-state index in [2.05, 4.69) is 0 Å². The lowest BCUT2D eigenvalue weighted by Crippen LogP contribution is -2.15. The molecule has 0 aliphatic heterocycles. The summed E-state index contributed by atoms with van der Waals surface area (Å²) >= 11 is 0. The summed E-state index contributed by atoms with van der Waals surface area (Å²) in [5, 5.41) is 9.84. The molecule has 0 unspecified atom stereocenters. The summed E-state index contributed by atoms with van der Waals surface area (Å²) in [6.45, 7) is 4.00. The highest BCUT2D eigenvalue weighted by atomic mass is 16.5. The Labute approximate surface area is 90.6 Å². The summed E-state index contributed by atoms with van der Waals surface area (Å²) in [5.74, 6) is 0.747. The van der Waals surface area contributed by atoms with Gasteiger partial charge in [-0.05, 0) is 25.5 Å². The highest BCUT2D eigenvalue weighted by molar-refractivity contribution is 5.39. The van der Waals surface area contributed by atoms with Crippen LogP contribution in [0.25, 0.3) is 0 Å². The van der Waals surface area contributed by atoms with E-state index in [4.69, 9.17) is 9.47 Å². The zero-order chi connectivity index (χ0) is 11.5. The number of aliphatic hydroxyl groups is 1. The molecule has 0 saturated heterocycles. The third-order valence-corrected chi connectivity index (χ3v) is 2.29. The van der Waals surface area contributed by atoms with Crippen LogP contribution in [-0.4, -0.2) is 19.3 Å². The summed E-state index contributed by atoms with van der Waals surface area (Å²) in [6.07, 6.45) is 0. The van der Waals surface area contributed by atoms with Crippen LogP contribution in [0.15, 0.2) is 18.2 Å². The molecule has 0 aromatic heterocycles. The van der Waals surface area contributed by atoms with Gasteiger partial charge in [-0.3, -0.25) is 0 Å². The van der Waals surface area contributed by atoms with Crippen LogP contribution in [0, 0.1) is 0 Å². The van der Waals surface area contributed by atoms with E-state index >= 15 is 0 Å². The molecule has 1 rings (SSSR count). The molecule has 0 bridgehead atoms. The van der Waals surface area contributed by atoms with E-state index in [1.54, 1.807) is 28.1 Å². The molecule has 0 aliphatic rings. The summed E-state index contributed by atoms with van der Waals surface area (Å²) in [5.41, 5.74) is 0.964. The van der Waals surface area contributed by atoms with Crippen molar-refractivity contribution in [1.29, 1.82) is 0 Å². The number of methoxy groups -OCH3 is 2. The SMILES string of the molecule is COCc1ccc(C(C)(C)O)cc1OC. The minimum Gasteiger partial charge on any atom is -0.496 e. The molecule has 0 amide bonds. The van der Waals surface area contributed by atoms with Gasteiger partial charge in [0.1, 0.15) is 5.75 Å². The molecule has 0 radical (unpaired) electrons. The largest absolute Gasteiger partial charge is 0.496 e. The molecule has 0 fully saturated rings. The fourth-order valence-electron chi connectivity index (χ4n) is 1.40. The van der Waals surface area contributed by atoms with E-state index in [-0.39, 0.29) is 0 Å². The van der Waals surface area contributed by atoms with Gasteiger partial charge in [-0.1, -0.05) is 12.1 Å². The zero-order valence-corrected chi connectivity index (χ0v) is 9.70. The van der Waals surface area contributed by atoms with Gasteiger partial charge in [0, 0.05) is 12.7 Å². The normalized spacial score (nSPS) is 11.5. The summed E-state index contributed by atoms with van der Waals surface area (Å²) < 4.78 is 10.3. The van der Waals surface area contributed by atoms with E-state index in [9.17, 15) is 5.11 Å². The Bertz CT molecular complexity index is 326. The summed E-state index contributed by atoms with van der Waals surface area (Å²) in [4.78, 5) is 0. The quantitative estimate of drug-likeness (QED) is 0.826. The van der Waals surface area contributed by atoms with Gasteiger partial charge in [0.25, 0.3) is 0 Å². The Balaban J connectivity index is 3.08. The number of rotatable bonds is 4. The van der Waals surface area contributed by atoms with Crippen LogP contribution in [0.5, 0.6) is 5.75 Å². The van der Waals surface area contributed by atoms with Crippen LogP contribution in [0.4, 0.5) is 0 Å². The maximum Gasteiger partial charge on any atom is 0.124 e. The number of benzene rings is 1. The van der Waals surface area contributed by atoms with E-state index in [1.807, 2.05) is 18.2 Å². The van der Waals surface area contributed by atoms with Gasteiger partial charge < -0.3 is 14.6 Å². The van der Waals surface area contributed by atoms with Crippen LogP contribution < -0.4 is 4.74 Å². The molecule has 0 atom stereocenters. The van der Waals surface area contributed by atoms with Crippen molar-refractivity contribution in [3.05, 3.63) is 29.3 Å². The Morgan fingerprint density at radius 2 is 1.93 bits per heavy atom. The van der Waals surface area contributed by atoms with Gasteiger partial charge in [0.05, 0.1) is 19.3 Å². The zero-order valence-electron chi connectivity index (χ0n) is 9.70. The fraction of sp³-hybridized carbons (Fsp3) is 0.500. The Kier molecular flexibility index (Phi) is 3.72. The molecule has 0 heterocycles. The molecule has 1 aromatic rings. The first kappa shape index (κ1) is 12.0. The predicted octanol–water partition coefficient (Wildman–Crippen LogP) is 2.07. The van der Waals surface area contributed by atoms with Crippen molar-refractivity contribution in [3.8, 4) is 5.75 Å². The van der Waals surface area contributed by atoms with E-state index in [0.29, 0.717) is 6.61 Å². The molecule has 3 nitrogen and oxygen atoms in total. The number of hydrogen-bond donors (Lipinski definition) is 1. The molecular weight excluding hydrogens is 192 g/mol. The van der Waals surface area contributed by atoms with Crippen molar-refractivity contribution in [2.24, 2.45) is 0 Å². The van der Waals surface area contributed by atoms with Crippen molar-refractivity contribution < 1.29 is 14.6 Å². The first-order valence-corrected chi connectivity index (χ1v) is 4.87. The second kappa shape index (κ2) is 4.64. The lowest BCUT2D eigenvalue weighted by Gasteiger charge is -2.19. The van der Waals surface area contributed by atoms with Crippen molar-refractivity contribution in [3.63, 3.8) is 0 Å². The second-order valence-corrected chi connectivity index (χ2v) is 4.02. The maximum atomic E-state index is 9.84. The average Bonchev–Trinajstić information content (AvgIpc) is 2.17. The molecule has 15 heavy (non-hydrogen) atoms. The Morgan fingerprint density at radius 3 is 2.40 bits per heavy atom. The first-order chi connectivity index (χ1) is 6.99. The van der Waals surface area contributed by atoms with Gasteiger partial charge in [-0.25, -0.2) is 0 Å². The standard InChI is InChI=1S/C12H18O3/c1-12(2,13)10-6-5-9(8-14-3)11(7-10)15-4/h5-7,13H,8H2,1-4H3. The second-order valence-electron chi connectivity index (χ2n) is 4.02. The first-order valence-electron chi connectivity index (χ1n) is 4.87. The number of hydrogen-bond acceptors (Lipinski definition) is 3. The van der Waals surface area contributed by atoms with E-state index in [0.717, 1.165) is 16.9 Å². The highest BCUT2D eigenvalue weighted by Gasteiger charge is 2.17. The average molecular weight is 210 g/mol. The highest BCUT2D eigenvalue weighted by Crippen LogP contribution is 2.27. The smallest absolute Gasteiger partial charge is 0.124 e. The third-order valence-electron chi connectivity index (χ3n) is 2.29. The van der Waals surface area contributed by atoms with Gasteiger partial charge in [-0.15, -0.1) is 0 Å². The van der Waals surface area contributed by atoms with E-state index < -0.39 is 5.60 Å². The van der Waals surface area contributed by atoms with Crippen LogP contribution in [0.2, 0.25) is 0 Å². The topological polar surface area (TPSA) is 38.7 Å². The Morgan fingerprint density at radius 1 is 1.27 bits per heavy atom. The molecular formula is C12H18O3. The van der Waals surface area contributed by atoms with Crippen molar-refractivity contribution in [1.82, 2.24) is 0 Å². The van der Waals surface area contributed by atoms with Crippen molar-refractivity contribution in [2.75, 3.05) is 14.2 Å². The van der Waals surface area contributed by atoms with Gasteiger partial charge in [-0.2, -0.15) is 0 Å². The minimum atomic E-state index is -0.848. The molecule has 1 N–H and O–H groups in total. The van der Waals surface area contributed by atoms with Gasteiger partial charge >= 0.3 is 0 Å². The maximum absolute atomic E-state index is 9.84. The van der Waals surface area contributed by atoms with E-state index in [1.165, 1.54) is 0 Å². The fourth-order valence-corrected chi connectivity index (χ4v) is 1.40. The molecule has 0 aliphatic carbocycles.